The van der Waals surface area contributed by atoms with E-state index in [1.807, 2.05) is 6.07 Å². The van der Waals surface area contributed by atoms with Crippen LogP contribution in [0.4, 0.5) is 0 Å². The van der Waals surface area contributed by atoms with Crippen LogP contribution in [0, 0.1) is 0 Å². The van der Waals surface area contributed by atoms with E-state index in [2.05, 4.69) is 31.4 Å². The van der Waals surface area contributed by atoms with Crippen molar-refractivity contribution >= 4 is 45.0 Å². The third-order valence-electron chi connectivity index (χ3n) is 2.40. The molecule has 106 valence electrons. The predicted octanol–water partition coefficient (Wildman–Crippen LogP) is 2.02. The van der Waals surface area contributed by atoms with Gasteiger partial charge in [0.1, 0.15) is 0 Å². The summed E-state index contributed by atoms with van der Waals surface area (Å²) in [6.45, 7) is 0. The lowest BCUT2D eigenvalue weighted by Gasteiger charge is -2.09. The Labute approximate surface area is 128 Å². The number of carbonyl (C=O) groups is 1. The average Bonchev–Trinajstić information content (AvgIpc) is 2.83. The Morgan fingerprint density at radius 3 is 2.80 bits per heavy atom. The van der Waals surface area contributed by atoms with Gasteiger partial charge in [0.05, 0.1) is 30.7 Å². The molecule has 0 atom stereocenters. The Hall–Kier alpha value is -1.54. The Balaban J connectivity index is 2.17. The van der Waals surface area contributed by atoms with E-state index in [9.17, 15) is 4.79 Å². The van der Waals surface area contributed by atoms with Crippen LogP contribution in [0.15, 0.2) is 26.8 Å². The quantitative estimate of drug-likeness (QED) is 0.660. The number of nitrogens with one attached hydrogen (secondary N) is 1. The molecule has 0 unspecified atom stereocenters. The number of amidine groups is 1. The third kappa shape index (κ3) is 3.51. The second kappa shape index (κ2) is 6.76. The summed E-state index contributed by atoms with van der Waals surface area (Å²) in [5, 5.41) is 11.0. The van der Waals surface area contributed by atoms with Gasteiger partial charge in [0.15, 0.2) is 16.7 Å². The van der Waals surface area contributed by atoms with Crippen molar-refractivity contribution in [2.75, 3.05) is 20.0 Å². The van der Waals surface area contributed by atoms with Crippen LogP contribution in [0.2, 0.25) is 0 Å². The van der Waals surface area contributed by atoms with E-state index in [-0.39, 0.29) is 5.91 Å². The van der Waals surface area contributed by atoms with E-state index in [4.69, 9.17) is 9.47 Å². The first-order valence-corrected chi connectivity index (χ1v) is 7.37. The number of hydrogen-bond acceptors (Lipinski definition) is 6. The summed E-state index contributed by atoms with van der Waals surface area (Å²) in [6, 6.07) is 3.62. The maximum absolute atomic E-state index is 11.0. The van der Waals surface area contributed by atoms with Crippen LogP contribution in [0.1, 0.15) is 5.56 Å². The maximum Gasteiger partial charge on any atom is 0.236 e. The molecule has 1 fully saturated rings. The minimum atomic E-state index is -0.0576. The standard InChI is InChI=1S/C12H12BrN3O3S/c1-18-9-4-7(3-8(13)11(9)19-2)5-14-16-12-15-10(17)6-20-12/h3-5H,6H2,1-2H3,(H,15,16,17)/b14-5+. The van der Waals surface area contributed by atoms with Gasteiger partial charge in [-0.2, -0.15) is 5.10 Å². The highest BCUT2D eigenvalue weighted by molar-refractivity contribution is 9.10. The van der Waals surface area contributed by atoms with Crippen molar-refractivity contribution in [3.05, 3.63) is 22.2 Å². The largest absolute Gasteiger partial charge is 0.493 e. The third-order valence-corrected chi connectivity index (χ3v) is 3.85. The molecule has 1 amide bonds. The minimum Gasteiger partial charge on any atom is -0.493 e. The van der Waals surface area contributed by atoms with E-state index >= 15 is 0 Å². The fourth-order valence-electron chi connectivity index (χ4n) is 1.54. The zero-order chi connectivity index (χ0) is 14.5. The smallest absolute Gasteiger partial charge is 0.236 e. The fraction of sp³-hybridized carbons (Fsp3) is 0.250. The number of methoxy groups -OCH3 is 2. The molecular formula is C12H12BrN3O3S. The molecule has 1 N–H and O–H groups in total. The number of halogens is 1. The van der Waals surface area contributed by atoms with Crippen molar-refractivity contribution in [3.63, 3.8) is 0 Å². The zero-order valence-electron chi connectivity index (χ0n) is 10.8. The van der Waals surface area contributed by atoms with Gasteiger partial charge in [-0.05, 0) is 33.6 Å². The predicted molar refractivity (Wildman–Crippen MR) is 82.9 cm³/mol. The highest BCUT2D eigenvalue weighted by atomic mass is 79.9. The van der Waals surface area contributed by atoms with Crippen LogP contribution in [0.5, 0.6) is 11.5 Å². The second-order valence-corrected chi connectivity index (χ2v) is 5.54. The van der Waals surface area contributed by atoms with E-state index < -0.39 is 0 Å². The normalized spacial score (nSPS) is 16.8. The highest BCUT2D eigenvalue weighted by Crippen LogP contribution is 2.35. The summed E-state index contributed by atoms with van der Waals surface area (Å²) in [7, 11) is 3.14. The molecule has 8 heteroatoms. The molecule has 0 saturated carbocycles. The van der Waals surface area contributed by atoms with Gasteiger partial charge in [-0.3, -0.25) is 4.79 Å². The Bertz CT molecular complexity index is 590. The van der Waals surface area contributed by atoms with Gasteiger partial charge >= 0.3 is 0 Å². The second-order valence-electron chi connectivity index (χ2n) is 3.72. The number of hydrogen-bond donors (Lipinski definition) is 1. The molecule has 1 saturated heterocycles. The van der Waals surface area contributed by atoms with Crippen molar-refractivity contribution in [1.29, 1.82) is 0 Å². The van der Waals surface area contributed by atoms with Crippen LogP contribution >= 0.6 is 27.7 Å². The number of benzene rings is 1. The lowest BCUT2D eigenvalue weighted by molar-refractivity contribution is -0.116. The molecule has 0 bridgehead atoms. The molecular weight excluding hydrogens is 346 g/mol. The molecule has 0 spiro atoms. The van der Waals surface area contributed by atoms with Gasteiger partial charge in [-0.1, -0.05) is 11.8 Å². The van der Waals surface area contributed by atoms with Crippen LogP contribution < -0.4 is 14.8 Å². The van der Waals surface area contributed by atoms with E-state index in [0.29, 0.717) is 22.4 Å². The Morgan fingerprint density at radius 1 is 1.40 bits per heavy atom. The zero-order valence-corrected chi connectivity index (χ0v) is 13.2. The van der Waals surface area contributed by atoms with Gasteiger partial charge in [0.2, 0.25) is 5.91 Å². The van der Waals surface area contributed by atoms with Crippen molar-refractivity contribution in [2.45, 2.75) is 0 Å². The first-order valence-electron chi connectivity index (χ1n) is 5.59. The molecule has 2 rings (SSSR count). The number of amides is 1. The van der Waals surface area contributed by atoms with Crippen LogP contribution in [0.25, 0.3) is 0 Å². The molecule has 0 radical (unpaired) electrons. The van der Waals surface area contributed by atoms with E-state index in [1.54, 1.807) is 26.5 Å². The molecule has 1 heterocycles. The average molecular weight is 358 g/mol. The summed E-state index contributed by atoms with van der Waals surface area (Å²) in [5.41, 5.74) is 0.799. The van der Waals surface area contributed by atoms with Crippen molar-refractivity contribution < 1.29 is 14.3 Å². The van der Waals surface area contributed by atoms with Gasteiger partial charge < -0.3 is 14.8 Å². The lowest BCUT2D eigenvalue weighted by atomic mass is 10.2. The van der Waals surface area contributed by atoms with E-state index in [1.165, 1.54) is 11.8 Å². The monoisotopic (exact) mass is 357 g/mol. The summed E-state index contributed by atoms with van der Waals surface area (Å²) in [5.74, 6) is 1.54. The number of rotatable bonds is 4. The number of carbonyl (C=O) groups excluding carboxylic acids is 1. The lowest BCUT2D eigenvalue weighted by Crippen LogP contribution is -2.19. The van der Waals surface area contributed by atoms with Crippen LogP contribution in [0.3, 0.4) is 0 Å². The number of nitrogens with zero attached hydrogens (tertiary/aromatic N) is 2. The van der Waals surface area contributed by atoms with E-state index in [0.717, 1.165) is 10.0 Å². The van der Waals surface area contributed by atoms with Gasteiger partial charge in [-0.25, -0.2) is 0 Å². The molecule has 6 nitrogen and oxygen atoms in total. The molecule has 20 heavy (non-hydrogen) atoms. The molecule has 1 aliphatic rings. The van der Waals surface area contributed by atoms with Crippen LogP contribution in [-0.4, -0.2) is 37.3 Å². The minimum absolute atomic E-state index is 0.0576. The fourth-order valence-corrected chi connectivity index (χ4v) is 2.79. The highest BCUT2D eigenvalue weighted by Gasteiger charge is 2.16. The van der Waals surface area contributed by atoms with Crippen LogP contribution in [-0.2, 0) is 4.79 Å². The molecule has 1 aliphatic heterocycles. The number of ether oxygens (including phenoxy) is 2. The summed E-state index contributed by atoms with van der Waals surface area (Å²) < 4.78 is 11.2. The SMILES string of the molecule is COc1cc(/C=N/N=C2\NC(=O)CS2)cc(Br)c1OC. The van der Waals surface area contributed by atoms with Gasteiger partial charge in [0, 0.05) is 0 Å². The molecule has 1 aromatic rings. The first-order chi connectivity index (χ1) is 9.63. The Kier molecular flexibility index (Phi) is 5.02. The topological polar surface area (TPSA) is 72.3 Å². The van der Waals surface area contributed by atoms with Crippen molar-refractivity contribution in [1.82, 2.24) is 5.32 Å². The molecule has 1 aromatic carbocycles. The van der Waals surface area contributed by atoms with Gasteiger partial charge in [-0.15, -0.1) is 5.10 Å². The van der Waals surface area contributed by atoms with Crippen molar-refractivity contribution in [2.24, 2.45) is 10.2 Å². The summed E-state index contributed by atoms with van der Waals surface area (Å²) in [6.07, 6.45) is 1.57. The molecule has 0 aromatic heterocycles. The first kappa shape index (κ1) is 14.9. The molecule has 0 aliphatic carbocycles. The summed E-state index contributed by atoms with van der Waals surface area (Å²) in [4.78, 5) is 11.0. The summed E-state index contributed by atoms with van der Waals surface area (Å²) >= 11 is 4.73. The van der Waals surface area contributed by atoms with Gasteiger partial charge in [0.25, 0.3) is 0 Å². The maximum atomic E-state index is 11.0. The number of thioether (sulfide) groups is 1. The van der Waals surface area contributed by atoms with Crippen molar-refractivity contribution in [3.8, 4) is 11.5 Å². The Morgan fingerprint density at radius 2 is 2.20 bits per heavy atom.